The summed E-state index contributed by atoms with van der Waals surface area (Å²) in [4.78, 5) is 16.3. The van der Waals surface area contributed by atoms with Crippen LogP contribution in [0.3, 0.4) is 0 Å². The molecule has 0 aliphatic carbocycles. The molecule has 1 N–H and O–H groups in total. The fourth-order valence-electron chi connectivity index (χ4n) is 1.24. The minimum atomic E-state index is -0.356. The fourth-order valence-corrected chi connectivity index (χ4v) is 1.70. The van der Waals surface area contributed by atoms with Crippen LogP contribution < -0.4 is 5.49 Å². The minimum Gasteiger partial charge on any atom is -0.502 e. The lowest BCUT2D eigenvalue weighted by atomic mass is 10.5. The zero-order valence-corrected chi connectivity index (χ0v) is 13.8. The van der Waals surface area contributed by atoms with E-state index in [1.807, 2.05) is 6.07 Å². The summed E-state index contributed by atoms with van der Waals surface area (Å²) in [6.45, 7) is 0.338. The monoisotopic (exact) mass is 472 g/mol. The van der Waals surface area contributed by atoms with E-state index in [0.29, 0.717) is 18.5 Å². The van der Waals surface area contributed by atoms with Crippen LogP contribution in [0.1, 0.15) is 11.2 Å². The maximum Gasteiger partial charge on any atom is 0.288 e. The highest BCUT2D eigenvalue weighted by molar-refractivity contribution is 14.1. The summed E-state index contributed by atoms with van der Waals surface area (Å²) < 4.78 is 3.08. The Labute approximate surface area is 131 Å². The predicted octanol–water partition coefficient (Wildman–Crippen LogP) is 1.88. The quantitative estimate of drug-likeness (QED) is 0.316. The summed E-state index contributed by atoms with van der Waals surface area (Å²) in [6, 6.07) is 3.67. The number of aliphatic hydroxyl groups is 1. The van der Waals surface area contributed by atoms with Gasteiger partial charge in [-0.1, -0.05) is 0 Å². The van der Waals surface area contributed by atoms with Gasteiger partial charge in [-0.25, -0.2) is 0 Å². The van der Waals surface area contributed by atoms with Gasteiger partial charge in [-0.15, -0.1) is 0 Å². The average Bonchev–Trinajstić information content (AvgIpc) is 2.69. The van der Waals surface area contributed by atoms with Crippen LogP contribution in [-0.4, -0.2) is 26.9 Å². The van der Waals surface area contributed by atoms with Gasteiger partial charge in [0.2, 0.25) is 0 Å². The second kappa shape index (κ2) is 6.93. The number of nitriles is 1. The second-order valence-electron chi connectivity index (χ2n) is 3.26. The summed E-state index contributed by atoms with van der Waals surface area (Å²) in [5.74, 6) is -0.356. The smallest absolute Gasteiger partial charge is 0.288 e. The third-order valence-corrected chi connectivity index (χ3v) is 4.57. The number of carbonyl (C=O) groups excluding carboxylic acids is 1. The van der Waals surface area contributed by atoms with E-state index in [2.05, 4.69) is 4.99 Å². The van der Waals surface area contributed by atoms with E-state index < -0.39 is 0 Å². The Morgan fingerprint density at radius 2 is 2.28 bits per heavy atom. The number of carbonyl (C=O) groups is 1. The summed E-state index contributed by atoms with van der Waals surface area (Å²) in [7, 11) is 1.70. The lowest BCUT2D eigenvalue weighted by Crippen LogP contribution is -2.29. The average molecular weight is 472 g/mol. The Kier molecular flexibility index (Phi) is 5.86. The molecule has 1 aromatic rings. The van der Waals surface area contributed by atoms with E-state index >= 15 is 0 Å². The highest BCUT2D eigenvalue weighted by Crippen LogP contribution is 2.17. The minimum absolute atomic E-state index is 0.0603. The van der Waals surface area contributed by atoms with Gasteiger partial charge in [0.15, 0.2) is 9.25 Å². The van der Waals surface area contributed by atoms with E-state index in [0.717, 1.165) is 0 Å². The molecule has 0 radical (unpaired) electrons. The highest BCUT2D eigenvalue weighted by Gasteiger charge is 2.15. The summed E-state index contributed by atoms with van der Waals surface area (Å²) in [5, 5.41) is 17.8. The van der Waals surface area contributed by atoms with Gasteiger partial charge < -0.3 is 5.11 Å². The molecule has 0 aliphatic rings. The zero-order valence-electron chi connectivity index (χ0n) is 9.47. The molecule has 0 saturated carbocycles. The van der Waals surface area contributed by atoms with Gasteiger partial charge in [0, 0.05) is 41.9 Å². The molecule has 0 saturated heterocycles. The molecule has 1 heterocycles. The van der Waals surface area contributed by atoms with E-state index in [1.165, 1.54) is 4.68 Å². The first-order chi connectivity index (χ1) is 8.49. The summed E-state index contributed by atoms with van der Waals surface area (Å²) in [6.07, 6.45) is 1.99. The molecule has 6 nitrogen and oxygen atoms in total. The molecule has 0 spiro atoms. The molecule has 1 aromatic heterocycles. The Balaban J connectivity index is 3.22. The number of hydrogen-bond acceptors (Lipinski definition) is 4. The first-order valence-electron chi connectivity index (χ1n) is 4.90. The van der Waals surface area contributed by atoms with E-state index in [9.17, 15) is 9.90 Å². The molecule has 0 aliphatic heterocycles. The number of halogens is 2. The van der Waals surface area contributed by atoms with Crippen molar-refractivity contribution in [3.05, 3.63) is 25.1 Å². The fraction of sp³-hybridized carbons (Fsp3) is 0.300. The van der Waals surface area contributed by atoms with Crippen LogP contribution in [0.25, 0.3) is 0 Å². The van der Waals surface area contributed by atoms with Crippen LogP contribution in [0.4, 0.5) is 0 Å². The summed E-state index contributed by atoms with van der Waals surface area (Å²) >= 11 is 3.46. The molecule has 8 heteroatoms. The molecule has 0 aromatic carbocycles. The molecule has 0 amide bonds. The third-order valence-electron chi connectivity index (χ3n) is 2.03. The van der Waals surface area contributed by atoms with Crippen LogP contribution in [0, 0.1) is 11.3 Å². The zero-order chi connectivity index (χ0) is 13.7. The normalized spacial score (nSPS) is 13.1. The Morgan fingerprint density at radius 3 is 2.83 bits per heavy atom. The summed E-state index contributed by atoms with van der Waals surface area (Å²) in [5.41, 5.74) is 0.463. The molecule has 0 fully saturated rings. The molecular weight excluding hydrogens is 462 g/mol. The number of hydrogen-bond donors (Lipinski definition) is 1. The van der Waals surface area contributed by atoms with Crippen LogP contribution in [0.2, 0.25) is 0 Å². The largest absolute Gasteiger partial charge is 0.502 e. The molecular formula is C10H10I2N4O2. The maximum absolute atomic E-state index is 12.1. The second-order valence-corrected chi connectivity index (χ2v) is 5.36. The lowest BCUT2D eigenvalue weighted by molar-refractivity contribution is 0.0930. The number of aromatic nitrogens is 2. The van der Waals surface area contributed by atoms with Crippen molar-refractivity contribution in [2.75, 3.05) is 6.54 Å². The van der Waals surface area contributed by atoms with Crippen molar-refractivity contribution in [1.29, 1.82) is 5.26 Å². The molecule has 96 valence electrons. The molecule has 1 rings (SSSR count). The van der Waals surface area contributed by atoms with E-state index in [4.69, 9.17) is 5.26 Å². The predicted molar refractivity (Wildman–Crippen MR) is 82.4 cm³/mol. The SMILES string of the molecule is Cn1cc/c(=N\CCC#N)n1C(=O)/C(I)=C(/O)I. The third kappa shape index (κ3) is 3.58. The van der Waals surface area contributed by atoms with Gasteiger partial charge >= 0.3 is 0 Å². The maximum atomic E-state index is 12.1. The topological polar surface area (TPSA) is 83.3 Å². The number of aryl methyl sites for hydroxylation is 1. The lowest BCUT2D eigenvalue weighted by Gasteiger charge is -2.06. The molecule has 0 atom stereocenters. The molecule has 18 heavy (non-hydrogen) atoms. The number of allylic oxidation sites excluding steroid dienone is 1. The van der Waals surface area contributed by atoms with Gasteiger partial charge in [0.25, 0.3) is 5.91 Å². The van der Waals surface area contributed by atoms with Crippen molar-refractivity contribution in [1.82, 2.24) is 9.36 Å². The van der Waals surface area contributed by atoms with Gasteiger partial charge in [-0.05, 0) is 22.6 Å². The van der Waals surface area contributed by atoms with E-state index in [1.54, 1.807) is 69.2 Å². The van der Waals surface area contributed by atoms with Crippen molar-refractivity contribution < 1.29 is 9.90 Å². The molecule has 0 bridgehead atoms. The number of nitrogens with zero attached hydrogens (tertiary/aromatic N) is 4. The van der Waals surface area contributed by atoms with Crippen molar-refractivity contribution >= 4 is 51.1 Å². The first kappa shape index (κ1) is 15.2. The van der Waals surface area contributed by atoms with Crippen molar-refractivity contribution in [3.63, 3.8) is 0 Å². The van der Waals surface area contributed by atoms with Gasteiger partial charge in [-0.3, -0.25) is 14.5 Å². The Morgan fingerprint density at radius 1 is 1.61 bits per heavy atom. The van der Waals surface area contributed by atoms with Crippen molar-refractivity contribution in [2.45, 2.75) is 6.42 Å². The van der Waals surface area contributed by atoms with Crippen molar-refractivity contribution in [2.24, 2.45) is 12.0 Å². The number of aliphatic hydroxyl groups excluding tert-OH is 1. The van der Waals surface area contributed by atoms with Crippen molar-refractivity contribution in [3.8, 4) is 6.07 Å². The van der Waals surface area contributed by atoms with Gasteiger partial charge in [0.1, 0.15) is 3.58 Å². The van der Waals surface area contributed by atoms with Gasteiger partial charge in [-0.2, -0.15) is 9.94 Å². The Hall–Kier alpha value is -0.830. The first-order valence-corrected chi connectivity index (χ1v) is 7.05. The molecule has 0 unspecified atom stereocenters. The van der Waals surface area contributed by atoms with E-state index in [-0.39, 0.29) is 13.3 Å². The number of rotatable bonds is 3. The van der Waals surface area contributed by atoms with Crippen LogP contribution in [-0.2, 0) is 7.05 Å². The van der Waals surface area contributed by atoms with Crippen LogP contribution in [0.15, 0.2) is 24.6 Å². The van der Waals surface area contributed by atoms with Crippen LogP contribution >= 0.6 is 45.2 Å². The van der Waals surface area contributed by atoms with Crippen LogP contribution in [0.5, 0.6) is 0 Å². The Bertz CT molecular complexity index is 588. The highest BCUT2D eigenvalue weighted by atomic mass is 127. The standard InChI is InChI=1S/C10H10I2N4O2/c1-15-6-3-7(14-5-2-4-13)16(15)10(18)8(11)9(12)17/h3,6,17H,2,5H2,1H3/b9-8-,14-7+. The van der Waals surface area contributed by atoms with Gasteiger partial charge in [0.05, 0.1) is 19.0 Å².